The van der Waals surface area contributed by atoms with Gasteiger partial charge in [0.2, 0.25) is 0 Å². The average Bonchev–Trinajstić information content (AvgIpc) is 3.18. The smallest absolute Gasteiger partial charge is 0.407 e. The van der Waals surface area contributed by atoms with Crippen LogP contribution < -0.4 is 5.46 Å². The Morgan fingerprint density at radius 1 is 0.600 bits per heavy atom. The summed E-state index contributed by atoms with van der Waals surface area (Å²) >= 11 is 0. The maximum Gasteiger partial charge on any atom is 0.494 e. The predicted molar refractivity (Wildman–Crippen MR) is 140 cm³/mol. The van der Waals surface area contributed by atoms with Crippen LogP contribution in [-0.4, -0.2) is 20.3 Å². The van der Waals surface area contributed by atoms with Gasteiger partial charge in [-0.25, -0.2) is 0 Å². The molecule has 0 saturated carbocycles. The molecule has 35 heavy (non-hydrogen) atoms. The first kappa shape index (κ1) is 20.1. The normalized spacial score (nSPS) is 18.6. The zero-order valence-corrected chi connectivity index (χ0v) is 19.8. The van der Waals surface area contributed by atoms with Gasteiger partial charge in [0.15, 0.2) is 0 Å². The summed E-state index contributed by atoms with van der Waals surface area (Å²) in [6.07, 6.45) is 5.70. The van der Waals surface area contributed by atoms with Gasteiger partial charge in [0.05, 0.1) is 5.41 Å². The molecule has 0 atom stereocenters. The van der Waals surface area contributed by atoms with Gasteiger partial charge in [0.1, 0.15) is 0 Å². The first-order valence-corrected chi connectivity index (χ1v) is 13.0. The van der Waals surface area contributed by atoms with Crippen molar-refractivity contribution in [2.45, 2.75) is 37.5 Å². The van der Waals surface area contributed by atoms with Crippen molar-refractivity contribution in [1.82, 2.24) is 0 Å². The fraction of sp³-hybridized carbons (Fsp3) is 0.250. The topological polar surface area (TPSA) is 18.5 Å². The number of benzene rings is 4. The summed E-state index contributed by atoms with van der Waals surface area (Å²) < 4.78 is 12.5. The molecule has 0 amide bonds. The van der Waals surface area contributed by atoms with Gasteiger partial charge >= 0.3 is 7.12 Å². The molecule has 0 aromatic heterocycles. The maximum absolute atomic E-state index is 6.24. The molecular formula is C32H27BO2. The Balaban J connectivity index is 1.50. The zero-order valence-electron chi connectivity index (χ0n) is 19.8. The van der Waals surface area contributed by atoms with Crippen LogP contribution in [0.1, 0.15) is 50.9 Å². The van der Waals surface area contributed by atoms with Gasteiger partial charge in [-0.15, -0.1) is 0 Å². The number of fused-ring (bicyclic) bond motifs is 5. The Morgan fingerprint density at radius 3 is 1.86 bits per heavy atom. The van der Waals surface area contributed by atoms with Crippen molar-refractivity contribution in [3.63, 3.8) is 0 Å². The zero-order chi connectivity index (χ0) is 23.0. The molecule has 1 saturated heterocycles. The highest BCUT2D eigenvalue weighted by molar-refractivity contribution is 6.62. The quantitative estimate of drug-likeness (QED) is 0.341. The molecule has 0 unspecified atom stereocenters. The van der Waals surface area contributed by atoms with Gasteiger partial charge in [-0.05, 0) is 93.2 Å². The van der Waals surface area contributed by atoms with E-state index in [-0.39, 0.29) is 12.5 Å². The lowest BCUT2D eigenvalue weighted by Gasteiger charge is -2.38. The van der Waals surface area contributed by atoms with Crippen molar-refractivity contribution < 1.29 is 9.31 Å². The molecule has 0 N–H and O–H groups in total. The van der Waals surface area contributed by atoms with Crippen molar-refractivity contribution in [2.75, 3.05) is 13.2 Å². The summed E-state index contributed by atoms with van der Waals surface area (Å²) in [5.74, 6) is 0. The van der Waals surface area contributed by atoms with E-state index < -0.39 is 0 Å². The fourth-order valence-corrected chi connectivity index (χ4v) is 6.88. The second kappa shape index (κ2) is 7.43. The van der Waals surface area contributed by atoms with Crippen molar-refractivity contribution in [3.8, 4) is 11.1 Å². The molecule has 1 fully saturated rings. The van der Waals surface area contributed by atoms with E-state index in [1.54, 1.807) is 0 Å². The maximum atomic E-state index is 6.24. The van der Waals surface area contributed by atoms with E-state index >= 15 is 0 Å². The fourth-order valence-electron chi connectivity index (χ4n) is 6.88. The van der Waals surface area contributed by atoms with Gasteiger partial charge in [-0.2, -0.15) is 0 Å². The van der Waals surface area contributed by atoms with E-state index in [0.29, 0.717) is 0 Å². The van der Waals surface area contributed by atoms with E-state index in [0.717, 1.165) is 19.6 Å². The van der Waals surface area contributed by atoms with Crippen molar-refractivity contribution in [1.29, 1.82) is 0 Å². The van der Waals surface area contributed by atoms with Crippen molar-refractivity contribution >= 4 is 12.6 Å². The summed E-state index contributed by atoms with van der Waals surface area (Å²) in [5, 5.41) is 0. The van der Waals surface area contributed by atoms with E-state index in [9.17, 15) is 0 Å². The molecule has 0 bridgehead atoms. The molecule has 1 heterocycles. The van der Waals surface area contributed by atoms with Gasteiger partial charge in [-0.1, -0.05) is 78.9 Å². The van der Waals surface area contributed by atoms with Crippen molar-refractivity contribution in [3.05, 3.63) is 123 Å². The second-order valence-electron chi connectivity index (χ2n) is 10.5. The molecule has 2 nitrogen and oxygen atoms in total. The molecule has 4 aliphatic rings. The third kappa shape index (κ3) is 2.69. The molecule has 8 rings (SSSR count). The second-order valence-corrected chi connectivity index (χ2v) is 10.5. The third-order valence-corrected chi connectivity index (χ3v) is 8.78. The summed E-state index contributed by atoms with van der Waals surface area (Å²) in [5.41, 5.74) is 14.9. The van der Waals surface area contributed by atoms with Gasteiger partial charge in [-0.3, -0.25) is 0 Å². The van der Waals surface area contributed by atoms with E-state index in [1.165, 1.54) is 86.8 Å². The number of aryl methyl sites for hydroxylation is 4. The van der Waals surface area contributed by atoms with Crippen LogP contribution in [0.15, 0.2) is 78.9 Å². The Bertz CT molecular complexity index is 1440. The highest BCUT2D eigenvalue weighted by Gasteiger charge is 2.50. The molecule has 170 valence electrons. The lowest BCUT2D eigenvalue weighted by Crippen LogP contribution is -2.46. The van der Waals surface area contributed by atoms with E-state index in [1.807, 2.05) is 0 Å². The summed E-state index contributed by atoms with van der Waals surface area (Å²) in [4.78, 5) is 0. The Hall–Kier alpha value is -3.14. The highest BCUT2D eigenvalue weighted by Crippen LogP contribution is 2.56. The first-order chi connectivity index (χ1) is 17.3. The lowest BCUT2D eigenvalue weighted by molar-refractivity contribution is 0.143. The largest absolute Gasteiger partial charge is 0.494 e. The molecule has 1 aliphatic heterocycles. The summed E-state index contributed by atoms with van der Waals surface area (Å²) in [6, 6.07) is 30.2. The molecular weight excluding hydrogens is 427 g/mol. The third-order valence-electron chi connectivity index (χ3n) is 8.78. The molecule has 3 aliphatic carbocycles. The molecule has 0 radical (unpaired) electrons. The molecule has 3 heteroatoms. The van der Waals surface area contributed by atoms with Crippen molar-refractivity contribution in [2.24, 2.45) is 0 Å². The van der Waals surface area contributed by atoms with Crippen LogP contribution in [0, 0.1) is 0 Å². The standard InChI is InChI=1S/C32H27BO2/c1-2-7-29-27(5-1)28-6-3-8-30(33-34-17-4-18-35-33)31(28)32(29,25-15-13-21-9-11-23(21)19-25)26-16-14-22-10-12-24(22)20-26/h1-3,5-8,13-16,19-20H,4,9-12,17-18H2. The van der Waals surface area contributed by atoms with Crippen LogP contribution in [-0.2, 0) is 40.4 Å². The molecule has 4 aromatic rings. The minimum atomic E-state index is -0.387. The number of hydrogen-bond acceptors (Lipinski definition) is 2. The predicted octanol–water partition coefficient (Wildman–Crippen LogP) is 5.38. The lowest BCUT2D eigenvalue weighted by atomic mass is 9.60. The Morgan fingerprint density at radius 2 is 1.23 bits per heavy atom. The molecule has 0 spiro atoms. The minimum Gasteiger partial charge on any atom is -0.407 e. The van der Waals surface area contributed by atoms with Gasteiger partial charge in [0.25, 0.3) is 0 Å². The SMILES string of the molecule is c1ccc2c(c1)-c1cccc(B3OCCCO3)c1C2(c1ccc2c(c1)CC2)c1ccc2c(c1)CC2. The van der Waals surface area contributed by atoms with Gasteiger partial charge in [0, 0.05) is 13.2 Å². The Kier molecular flexibility index (Phi) is 4.27. The van der Waals surface area contributed by atoms with E-state index in [4.69, 9.17) is 9.31 Å². The Labute approximate surface area is 207 Å². The van der Waals surface area contributed by atoms with Gasteiger partial charge < -0.3 is 9.31 Å². The average molecular weight is 454 g/mol. The number of rotatable bonds is 3. The van der Waals surface area contributed by atoms with Crippen LogP contribution in [0.5, 0.6) is 0 Å². The van der Waals surface area contributed by atoms with Crippen LogP contribution in [0.3, 0.4) is 0 Å². The van der Waals surface area contributed by atoms with E-state index in [2.05, 4.69) is 78.9 Å². The molecule has 4 aromatic carbocycles. The van der Waals surface area contributed by atoms with Crippen LogP contribution in [0.2, 0.25) is 0 Å². The summed E-state index contributed by atoms with van der Waals surface area (Å²) in [7, 11) is -0.328. The van der Waals surface area contributed by atoms with Crippen LogP contribution >= 0.6 is 0 Å². The van der Waals surface area contributed by atoms with Crippen LogP contribution in [0.25, 0.3) is 11.1 Å². The summed E-state index contributed by atoms with van der Waals surface area (Å²) in [6.45, 7) is 1.48. The minimum absolute atomic E-state index is 0.328. The monoisotopic (exact) mass is 454 g/mol. The van der Waals surface area contributed by atoms with Crippen LogP contribution in [0.4, 0.5) is 0 Å². The highest BCUT2D eigenvalue weighted by atomic mass is 16.6. The first-order valence-electron chi connectivity index (χ1n) is 13.0. The number of hydrogen-bond donors (Lipinski definition) is 0.